The minimum absolute atomic E-state index is 0.0127. The molecule has 1 heterocycles. The fraction of sp³-hybridized carbons (Fsp3) is 0.579. The summed E-state index contributed by atoms with van der Waals surface area (Å²) in [6, 6.07) is 1.64. The normalized spacial score (nSPS) is 18.3. The largest absolute Gasteiger partial charge is 0.478 e. The highest BCUT2D eigenvalue weighted by Crippen LogP contribution is 2.37. The lowest BCUT2D eigenvalue weighted by atomic mass is 10.0. The predicted octanol–water partition coefficient (Wildman–Crippen LogP) is 4.61. The Balaban J connectivity index is 2.12. The molecule has 9 heteroatoms. The molecular formula is C19H23ClF3NO4. The molecule has 1 fully saturated rings. The summed E-state index contributed by atoms with van der Waals surface area (Å²) in [6.07, 6.45) is -3.86. The quantitative estimate of drug-likeness (QED) is 0.703. The van der Waals surface area contributed by atoms with Crippen LogP contribution in [0.25, 0.3) is 0 Å². The molecule has 0 unspecified atom stereocenters. The topological polar surface area (TPSA) is 66.8 Å². The number of halogens is 4. The molecule has 1 aromatic carbocycles. The number of hydrogen-bond donors (Lipinski definition) is 1. The Bertz CT molecular complexity index is 759. The molecule has 0 radical (unpaired) electrons. The number of aromatic carboxylic acids is 1. The first-order valence-corrected chi connectivity index (χ1v) is 9.21. The summed E-state index contributed by atoms with van der Waals surface area (Å²) >= 11 is 5.99. The highest BCUT2D eigenvalue weighted by Gasteiger charge is 2.37. The average molecular weight is 422 g/mol. The van der Waals surface area contributed by atoms with Crippen molar-refractivity contribution in [2.75, 3.05) is 13.1 Å². The number of likely N-dealkylation sites (tertiary alicyclic amines) is 1. The number of esters is 1. The van der Waals surface area contributed by atoms with E-state index in [1.54, 1.807) is 25.7 Å². The number of carbonyl (C=O) groups is 2. The zero-order valence-corrected chi connectivity index (χ0v) is 16.7. The molecule has 0 saturated carbocycles. The molecule has 1 aromatic rings. The molecule has 156 valence electrons. The molecule has 0 amide bonds. The minimum atomic E-state index is -4.72. The van der Waals surface area contributed by atoms with Gasteiger partial charge < -0.3 is 9.84 Å². The lowest BCUT2D eigenvalue weighted by molar-refractivity contribution is -0.155. The second-order valence-electron chi connectivity index (χ2n) is 7.97. The maximum Gasteiger partial charge on any atom is 0.416 e. The van der Waals surface area contributed by atoms with Crippen molar-refractivity contribution in [3.63, 3.8) is 0 Å². The van der Waals surface area contributed by atoms with Crippen LogP contribution in [-0.2, 0) is 22.3 Å². The molecule has 1 aliphatic heterocycles. The number of rotatable bonds is 5. The van der Waals surface area contributed by atoms with Gasteiger partial charge in [0.1, 0.15) is 5.60 Å². The number of carbonyl (C=O) groups excluding carboxylic acids is 1. The maximum absolute atomic E-state index is 13.4. The summed E-state index contributed by atoms with van der Waals surface area (Å²) in [5.41, 5.74) is -2.30. The van der Waals surface area contributed by atoms with E-state index >= 15 is 0 Å². The van der Waals surface area contributed by atoms with E-state index in [-0.39, 0.29) is 35.4 Å². The Morgan fingerprint density at radius 2 is 1.93 bits per heavy atom. The van der Waals surface area contributed by atoms with Gasteiger partial charge in [-0.1, -0.05) is 11.6 Å². The van der Waals surface area contributed by atoms with Crippen molar-refractivity contribution in [3.8, 4) is 0 Å². The lowest BCUT2D eigenvalue weighted by Crippen LogP contribution is -2.26. The first-order chi connectivity index (χ1) is 12.8. The Hall–Kier alpha value is -1.80. The molecule has 1 N–H and O–H groups in total. The van der Waals surface area contributed by atoms with Gasteiger partial charge in [0.2, 0.25) is 0 Å². The van der Waals surface area contributed by atoms with Crippen LogP contribution in [0.15, 0.2) is 12.1 Å². The van der Waals surface area contributed by atoms with Crippen LogP contribution >= 0.6 is 11.6 Å². The third-order valence-electron chi connectivity index (χ3n) is 4.37. The molecule has 2 rings (SSSR count). The number of ether oxygens (including phenoxy) is 1. The van der Waals surface area contributed by atoms with E-state index in [1.807, 2.05) is 0 Å². The average Bonchev–Trinajstić information content (AvgIpc) is 2.92. The first kappa shape index (κ1) is 22.5. The van der Waals surface area contributed by atoms with Crippen LogP contribution in [0, 0.1) is 5.92 Å². The van der Waals surface area contributed by atoms with Crippen LogP contribution < -0.4 is 0 Å². The van der Waals surface area contributed by atoms with Crippen molar-refractivity contribution in [1.82, 2.24) is 4.90 Å². The standard InChI is InChI=1S/C19H23ClF3NO4/c1-18(2,3)28-16(25)6-11-4-5-24(9-11)10-13-14(19(21,22)23)7-12(17(26)27)8-15(13)20/h7-8,11H,4-6,9-10H2,1-3H3,(H,26,27)/t11-/m0/s1. The Morgan fingerprint density at radius 3 is 2.46 bits per heavy atom. The number of carboxylic acid groups (broad SMARTS) is 1. The highest BCUT2D eigenvalue weighted by atomic mass is 35.5. The van der Waals surface area contributed by atoms with E-state index in [0.717, 1.165) is 6.07 Å². The molecule has 0 aliphatic carbocycles. The minimum Gasteiger partial charge on any atom is -0.478 e. The number of nitrogens with zero attached hydrogens (tertiary/aromatic N) is 1. The maximum atomic E-state index is 13.4. The summed E-state index contributed by atoms with van der Waals surface area (Å²) in [4.78, 5) is 24.8. The van der Waals surface area contributed by atoms with Gasteiger partial charge in [-0.25, -0.2) is 4.79 Å². The van der Waals surface area contributed by atoms with Gasteiger partial charge in [-0.3, -0.25) is 9.69 Å². The zero-order valence-electron chi connectivity index (χ0n) is 15.9. The van der Waals surface area contributed by atoms with Gasteiger partial charge in [-0.2, -0.15) is 13.2 Å². The van der Waals surface area contributed by atoms with Gasteiger partial charge in [0.05, 0.1) is 11.1 Å². The summed E-state index contributed by atoms with van der Waals surface area (Å²) < 4.78 is 45.6. The van der Waals surface area contributed by atoms with Crippen LogP contribution in [0.3, 0.4) is 0 Å². The zero-order chi connectivity index (χ0) is 21.3. The second kappa shape index (κ2) is 8.29. The van der Waals surface area contributed by atoms with Gasteiger partial charge in [0, 0.05) is 24.5 Å². The summed E-state index contributed by atoms with van der Waals surface area (Å²) in [5, 5.41) is 8.76. The number of benzene rings is 1. The van der Waals surface area contributed by atoms with E-state index in [1.165, 1.54) is 0 Å². The van der Waals surface area contributed by atoms with Crippen molar-refractivity contribution >= 4 is 23.5 Å². The van der Waals surface area contributed by atoms with Crippen molar-refractivity contribution in [1.29, 1.82) is 0 Å². The van der Waals surface area contributed by atoms with Crippen molar-refractivity contribution in [2.24, 2.45) is 5.92 Å². The van der Waals surface area contributed by atoms with Crippen LogP contribution in [0.2, 0.25) is 5.02 Å². The van der Waals surface area contributed by atoms with E-state index in [4.69, 9.17) is 21.4 Å². The molecule has 1 saturated heterocycles. The van der Waals surface area contributed by atoms with Crippen molar-refractivity contribution in [2.45, 2.75) is 51.9 Å². The van der Waals surface area contributed by atoms with Crippen LogP contribution in [0.1, 0.15) is 55.1 Å². The van der Waals surface area contributed by atoms with Crippen LogP contribution in [-0.4, -0.2) is 40.6 Å². The Morgan fingerprint density at radius 1 is 1.29 bits per heavy atom. The summed E-state index contributed by atoms with van der Waals surface area (Å²) in [7, 11) is 0. The van der Waals surface area contributed by atoms with E-state index in [9.17, 15) is 22.8 Å². The number of alkyl halides is 3. The van der Waals surface area contributed by atoms with Crippen molar-refractivity contribution in [3.05, 3.63) is 33.8 Å². The number of carboxylic acids is 1. The molecule has 1 atom stereocenters. The molecule has 0 aromatic heterocycles. The summed E-state index contributed by atoms with van der Waals surface area (Å²) in [6.45, 7) is 6.20. The highest BCUT2D eigenvalue weighted by molar-refractivity contribution is 6.31. The predicted molar refractivity (Wildman–Crippen MR) is 97.3 cm³/mol. The van der Waals surface area contributed by atoms with E-state index in [0.29, 0.717) is 25.6 Å². The van der Waals surface area contributed by atoms with E-state index in [2.05, 4.69) is 0 Å². The van der Waals surface area contributed by atoms with Gasteiger partial charge in [0.15, 0.2) is 0 Å². The fourth-order valence-corrected chi connectivity index (χ4v) is 3.52. The second-order valence-corrected chi connectivity index (χ2v) is 8.37. The molecule has 0 bridgehead atoms. The number of hydrogen-bond acceptors (Lipinski definition) is 4. The monoisotopic (exact) mass is 421 g/mol. The lowest BCUT2D eigenvalue weighted by Gasteiger charge is -2.22. The third-order valence-corrected chi connectivity index (χ3v) is 4.71. The third kappa shape index (κ3) is 6.10. The Kier molecular flexibility index (Phi) is 6.66. The van der Waals surface area contributed by atoms with Crippen LogP contribution in [0.4, 0.5) is 13.2 Å². The van der Waals surface area contributed by atoms with Crippen molar-refractivity contribution < 1.29 is 32.6 Å². The van der Waals surface area contributed by atoms with Gasteiger partial charge in [0.25, 0.3) is 0 Å². The molecular weight excluding hydrogens is 399 g/mol. The van der Waals surface area contributed by atoms with Crippen LogP contribution in [0.5, 0.6) is 0 Å². The smallest absolute Gasteiger partial charge is 0.416 e. The summed E-state index contributed by atoms with van der Waals surface area (Å²) in [5.74, 6) is -1.82. The van der Waals surface area contributed by atoms with E-state index < -0.39 is 28.9 Å². The van der Waals surface area contributed by atoms with Gasteiger partial charge in [-0.15, -0.1) is 0 Å². The molecule has 28 heavy (non-hydrogen) atoms. The Labute approximate surface area is 166 Å². The first-order valence-electron chi connectivity index (χ1n) is 8.83. The fourth-order valence-electron chi connectivity index (χ4n) is 3.24. The van der Waals surface area contributed by atoms with Gasteiger partial charge >= 0.3 is 18.1 Å². The molecule has 5 nitrogen and oxygen atoms in total. The molecule has 1 aliphatic rings. The molecule has 0 spiro atoms. The SMILES string of the molecule is CC(C)(C)OC(=O)C[C@@H]1CCN(Cc2c(Cl)cc(C(=O)O)cc2C(F)(F)F)C1. The van der Waals surface area contributed by atoms with Gasteiger partial charge in [-0.05, 0) is 57.4 Å².